The number of unbranched alkanes of at least 4 members (excludes halogenated alkanes) is 1. The van der Waals surface area contributed by atoms with Gasteiger partial charge in [-0.05, 0) is 152 Å². The Balaban J connectivity index is 1.17. The van der Waals surface area contributed by atoms with Gasteiger partial charge < -0.3 is 47.7 Å². The number of esters is 8. The van der Waals surface area contributed by atoms with Crippen LogP contribution in [0, 0.1) is 35.5 Å². The molecular weight excluding hydrogens is 1050 g/mol. The Morgan fingerprint density at radius 3 is 1.10 bits per heavy atom. The van der Waals surface area contributed by atoms with Gasteiger partial charge in [-0.15, -0.1) is 0 Å². The molecule has 0 heterocycles. The zero-order chi connectivity index (χ0) is 58.8. The van der Waals surface area contributed by atoms with Gasteiger partial charge >= 0.3 is 47.8 Å². The Kier molecular flexibility index (Phi) is 26.6. The van der Waals surface area contributed by atoms with Crippen LogP contribution in [-0.2, 0) is 57.3 Å². The average molecular weight is 1130 g/mol. The van der Waals surface area contributed by atoms with Crippen LogP contribution in [0.2, 0.25) is 0 Å². The van der Waals surface area contributed by atoms with Crippen molar-refractivity contribution in [2.24, 2.45) is 35.5 Å². The molecule has 2 aromatic rings. The summed E-state index contributed by atoms with van der Waals surface area (Å²) in [6.45, 7) is 16.2. The van der Waals surface area contributed by atoms with E-state index in [1.807, 2.05) is 27.7 Å². The van der Waals surface area contributed by atoms with E-state index in [1.165, 1.54) is 36.4 Å². The van der Waals surface area contributed by atoms with Crippen molar-refractivity contribution in [1.29, 1.82) is 0 Å². The van der Waals surface area contributed by atoms with Crippen LogP contribution in [0.3, 0.4) is 0 Å². The van der Waals surface area contributed by atoms with Crippen LogP contribution < -0.4 is 18.9 Å². The van der Waals surface area contributed by atoms with E-state index < -0.39 is 83.2 Å². The zero-order valence-corrected chi connectivity index (χ0v) is 47.4. The second-order valence-corrected chi connectivity index (χ2v) is 20.6. The fourth-order valence-corrected chi connectivity index (χ4v) is 10.2. The van der Waals surface area contributed by atoms with Gasteiger partial charge in [-0.1, -0.05) is 33.9 Å². The molecule has 0 unspecified atom stereocenters. The number of carbonyl (C=O) groups is 10. The Morgan fingerprint density at radius 2 is 0.728 bits per heavy atom. The molecule has 0 aromatic heterocycles. The number of hydrogen-bond acceptors (Lipinski definition) is 18. The van der Waals surface area contributed by atoms with E-state index in [4.69, 9.17) is 37.9 Å². The normalized spacial score (nSPS) is 19.5. The molecule has 0 bridgehead atoms. The summed E-state index contributed by atoms with van der Waals surface area (Å²) in [5, 5.41) is 0. The summed E-state index contributed by atoms with van der Waals surface area (Å²) in [7, 11) is 0. The van der Waals surface area contributed by atoms with E-state index in [0.29, 0.717) is 110 Å². The van der Waals surface area contributed by atoms with E-state index in [2.05, 4.69) is 13.2 Å². The van der Waals surface area contributed by atoms with Crippen molar-refractivity contribution < 1.29 is 85.8 Å². The first kappa shape index (κ1) is 64.4. The van der Waals surface area contributed by atoms with Crippen molar-refractivity contribution >= 4 is 59.6 Å². The smallest absolute Gasteiger partial charge is 0.330 e. The second-order valence-electron chi connectivity index (χ2n) is 20.6. The van der Waals surface area contributed by atoms with E-state index in [1.54, 1.807) is 9.80 Å². The molecule has 0 aliphatic heterocycles. The molecule has 2 amide bonds. The number of amides is 2. The molecule has 0 radical (unpaired) electrons. The van der Waals surface area contributed by atoms with Gasteiger partial charge in [-0.3, -0.25) is 38.4 Å². The Morgan fingerprint density at radius 1 is 0.420 bits per heavy atom. The summed E-state index contributed by atoms with van der Waals surface area (Å²) in [5.74, 6) is -7.80. The SMILES string of the molecule is C=CC(=O)OCCCCOC(=O)C1CCC(C(=O)Oc2ccc(OC(=O)C3CCC(C(=O)Oc4ccc(OC(=O)C5CCC(C(=O)OCCOC(=O)C=C)CC5)cc4C(=O)N(CC)CCC)CC3)c(C(=O)N(CCC)CCC)c2)CC1. The van der Waals surface area contributed by atoms with Gasteiger partial charge in [0, 0.05) is 38.3 Å². The maximum Gasteiger partial charge on any atom is 0.330 e. The van der Waals surface area contributed by atoms with Crippen LogP contribution >= 0.6 is 0 Å². The molecule has 3 aliphatic carbocycles. The van der Waals surface area contributed by atoms with Crippen molar-refractivity contribution in [2.75, 3.05) is 52.6 Å². The van der Waals surface area contributed by atoms with E-state index in [-0.39, 0.29) is 98.1 Å². The van der Waals surface area contributed by atoms with E-state index in [9.17, 15) is 47.9 Å². The van der Waals surface area contributed by atoms with Crippen molar-refractivity contribution in [2.45, 2.75) is 137 Å². The molecule has 3 aliphatic rings. The van der Waals surface area contributed by atoms with Crippen molar-refractivity contribution in [3.05, 3.63) is 72.8 Å². The third-order valence-electron chi connectivity index (χ3n) is 14.8. The van der Waals surface area contributed by atoms with Gasteiger partial charge in [0.1, 0.15) is 36.2 Å². The summed E-state index contributed by atoms with van der Waals surface area (Å²) in [6, 6.07) is 8.60. The number of hydrogen-bond donors (Lipinski definition) is 0. The van der Waals surface area contributed by atoms with Gasteiger partial charge in [0.2, 0.25) is 0 Å². The monoisotopic (exact) mass is 1130 g/mol. The average Bonchev–Trinajstić information content (AvgIpc) is 3.55. The lowest BCUT2D eigenvalue weighted by Gasteiger charge is -2.27. The van der Waals surface area contributed by atoms with Gasteiger partial charge in [-0.25, -0.2) is 9.59 Å². The fourth-order valence-electron chi connectivity index (χ4n) is 10.2. The number of carbonyl (C=O) groups excluding carboxylic acids is 10. The third-order valence-corrected chi connectivity index (χ3v) is 14.8. The standard InChI is InChI=1S/C61H80N2O18/c1-7-31-62(12-6)54(66)48-38-46(78-58(70)43-21-17-41(18-22-43)57(69)77-37-36-75-53(65)11-5)27-29-50(48)80-60(72)44-23-25-45(26-24-44)61(73)81-51-30-28-47(39-49(51)55(67)63(32-8-2)33-9-3)79-59(71)42-19-15-40(16-20-42)56(68)76-35-14-13-34-74-52(64)10-4/h10-11,27-30,38-45H,4-5,7-9,12-26,31-37H2,1-3,6H3. The Labute approximate surface area is 474 Å². The predicted molar refractivity (Wildman–Crippen MR) is 294 cm³/mol. The minimum absolute atomic E-state index is 0.00351. The molecule has 3 fully saturated rings. The van der Waals surface area contributed by atoms with Crippen LogP contribution in [0.15, 0.2) is 61.7 Å². The lowest BCUT2D eigenvalue weighted by Crippen LogP contribution is -2.34. The maximum absolute atomic E-state index is 14.1. The molecule has 442 valence electrons. The van der Waals surface area contributed by atoms with E-state index >= 15 is 0 Å². The third kappa shape index (κ3) is 19.7. The molecule has 0 spiro atoms. The molecular formula is C61H80N2O18. The number of ether oxygens (including phenoxy) is 8. The highest BCUT2D eigenvalue weighted by atomic mass is 16.6. The molecule has 20 heteroatoms. The molecule has 5 rings (SSSR count). The number of rotatable bonds is 29. The highest BCUT2D eigenvalue weighted by Crippen LogP contribution is 2.37. The fraction of sp³-hybridized carbons (Fsp3) is 0.574. The Hall–Kier alpha value is -7.38. The zero-order valence-electron chi connectivity index (χ0n) is 47.4. The number of benzene rings is 2. The first-order valence-electron chi connectivity index (χ1n) is 28.7. The molecule has 0 saturated heterocycles. The molecule has 81 heavy (non-hydrogen) atoms. The maximum atomic E-state index is 14.1. The lowest BCUT2D eigenvalue weighted by atomic mass is 9.82. The lowest BCUT2D eigenvalue weighted by molar-refractivity contribution is -0.155. The van der Waals surface area contributed by atoms with Gasteiger partial charge in [0.25, 0.3) is 11.8 Å². The topological polar surface area (TPSA) is 251 Å². The second kappa shape index (κ2) is 33.4. The summed E-state index contributed by atoms with van der Waals surface area (Å²) < 4.78 is 43.9. The van der Waals surface area contributed by atoms with Crippen LogP contribution in [0.25, 0.3) is 0 Å². The van der Waals surface area contributed by atoms with Gasteiger partial charge in [0.15, 0.2) is 0 Å². The van der Waals surface area contributed by atoms with Crippen LogP contribution in [0.1, 0.15) is 158 Å². The Bertz CT molecular complexity index is 2530. The molecule has 3 saturated carbocycles. The predicted octanol–water partition coefficient (Wildman–Crippen LogP) is 8.89. The van der Waals surface area contributed by atoms with Gasteiger partial charge in [-0.2, -0.15) is 0 Å². The molecule has 0 N–H and O–H groups in total. The minimum Gasteiger partial charge on any atom is -0.465 e. The van der Waals surface area contributed by atoms with Crippen molar-refractivity contribution in [1.82, 2.24) is 9.80 Å². The largest absolute Gasteiger partial charge is 0.465 e. The van der Waals surface area contributed by atoms with Crippen LogP contribution in [-0.4, -0.2) is 122 Å². The molecule has 20 nitrogen and oxygen atoms in total. The molecule has 2 aromatic carbocycles. The van der Waals surface area contributed by atoms with E-state index in [0.717, 1.165) is 12.2 Å². The van der Waals surface area contributed by atoms with Crippen molar-refractivity contribution in [3.8, 4) is 23.0 Å². The summed E-state index contributed by atoms with van der Waals surface area (Å²) in [4.78, 5) is 134. The first-order chi connectivity index (χ1) is 39.0. The molecule has 0 atom stereocenters. The first-order valence-corrected chi connectivity index (χ1v) is 28.7. The highest BCUT2D eigenvalue weighted by Gasteiger charge is 2.37. The minimum atomic E-state index is -0.625. The summed E-state index contributed by atoms with van der Waals surface area (Å²) in [6.07, 6.45) is 9.41. The van der Waals surface area contributed by atoms with Gasteiger partial charge in [0.05, 0.1) is 59.8 Å². The van der Waals surface area contributed by atoms with Crippen molar-refractivity contribution in [3.63, 3.8) is 0 Å². The number of nitrogens with zero attached hydrogens (tertiary/aromatic N) is 2. The summed E-state index contributed by atoms with van der Waals surface area (Å²) in [5.41, 5.74) is 0.0858. The van der Waals surface area contributed by atoms with Crippen LogP contribution in [0.4, 0.5) is 0 Å². The van der Waals surface area contributed by atoms with Crippen LogP contribution in [0.5, 0.6) is 23.0 Å². The highest BCUT2D eigenvalue weighted by molar-refractivity contribution is 5.99. The summed E-state index contributed by atoms with van der Waals surface area (Å²) >= 11 is 0. The quantitative estimate of drug-likeness (QED) is 0.0242.